The van der Waals surface area contributed by atoms with Crippen LogP contribution in [0.5, 0.6) is 5.75 Å². The van der Waals surface area contributed by atoms with Crippen LogP contribution in [0.1, 0.15) is 61.2 Å². The third kappa shape index (κ3) is 6.72. The van der Waals surface area contributed by atoms with E-state index in [1.54, 1.807) is 17.1 Å². The molecule has 1 amide bonds. The molecule has 186 valence electrons. The van der Waals surface area contributed by atoms with E-state index < -0.39 is 12.0 Å². The predicted molar refractivity (Wildman–Crippen MR) is 135 cm³/mol. The third-order valence-electron chi connectivity index (χ3n) is 5.83. The number of unbranched alkanes of at least 4 members (excludes halogenated alkanes) is 1. The molecule has 7 nitrogen and oxygen atoms in total. The number of carbonyl (C=O) groups is 2. The topological polar surface area (TPSA) is 81.9 Å². The monoisotopic (exact) mass is 478 g/mol. The van der Waals surface area contributed by atoms with Gasteiger partial charge in [0.05, 0.1) is 19.4 Å². The van der Waals surface area contributed by atoms with Crippen molar-refractivity contribution in [2.24, 2.45) is 0 Å². The molecule has 1 unspecified atom stereocenters. The number of nitrogens with zero attached hydrogens (tertiary/aromatic N) is 2. The molecule has 1 aliphatic rings. The van der Waals surface area contributed by atoms with Gasteiger partial charge in [0.15, 0.2) is 6.04 Å². The van der Waals surface area contributed by atoms with Crippen LogP contribution >= 0.6 is 0 Å². The molecule has 0 saturated heterocycles. The van der Waals surface area contributed by atoms with Crippen LogP contribution in [0.3, 0.4) is 0 Å². The highest BCUT2D eigenvalue weighted by Gasteiger charge is 2.36. The molecule has 1 aliphatic heterocycles. The standard InChI is InChI=1S/C28H34N2O5/c1-5-7-9-11-25-29-24(20(3)35-25)16-18-34-22-14-13-21-15-17-30(26(31)12-10-8-6-2)27(23(21)19-22)28(32)33-4/h6,8-14,19,27H,5,7,15-18H2,1-4H3/b8-6?,11-9+,12-10?. The number of amides is 1. The van der Waals surface area contributed by atoms with Crippen molar-refractivity contribution >= 4 is 18.0 Å². The van der Waals surface area contributed by atoms with Gasteiger partial charge in [-0.05, 0) is 56.0 Å². The Morgan fingerprint density at radius 1 is 1.29 bits per heavy atom. The molecule has 0 spiro atoms. The Morgan fingerprint density at radius 3 is 2.86 bits per heavy atom. The number of allylic oxidation sites excluding steroid dienone is 4. The van der Waals surface area contributed by atoms with Crippen molar-refractivity contribution in [1.29, 1.82) is 0 Å². The van der Waals surface area contributed by atoms with E-state index in [2.05, 4.69) is 18.0 Å². The number of ether oxygens (including phenoxy) is 2. The van der Waals surface area contributed by atoms with Crippen molar-refractivity contribution < 1.29 is 23.5 Å². The molecule has 0 radical (unpaired) electrons. The number of methoxy groups -OCH3 is 1. The summed E-state index contributed by atoms with van der Waals surface area (Å²) in [7, 11) is 1.33. The fourth-order valence-electron chi connectivity index (χ4n) is 4.00. The minimum atomic E-state index is -0.815. The van der Waals surface area contributed by atoms with Gasteiger partial charge in [-0.3, -0.25) is 4.79 Å². The van der Waals surface area contributed by atoms with E-state index in [-0.39, 0.29) is 5.91 Å². The first-order chi connectivity index (χ1) is 17.0. The van der Waals surface area contributed by atoms with E-state index in [1.807, 2.05) is 44.2 Å². The fourth-order valence-corrected chi connectivity index (χ4v) is 4.00. The fraction of sp³-hybridized carbons (Fsp3) is 0.393. The highest BCUT2D eigenvalue weighted by molar-refractivity contribution is 5.92. The second-order valence-electron chi connectivity index (χ2n) is 8.30. The number of hydrogen-bond donors (Lipinski definition) is 0. The molecule has 7 heteroatoms. The molecule has 0 N–H and O–H groups in total. The van der Waals surface area contributed by atoms with Crippen LogP contribution in [0.4, 0.5) is 0 Å². The predicted octanol–water partition coefficient (Wildman–Crippen LogP) is 5.15. The maximum absolute atomic E-state index is 12.8. The number of hydrogen-bond acceptors (Lipinski definition) is 6. The molecular formula is C28H34N2O5. The van der Waals surface area contributed by atoms with E-state index in [4.69, 9.17) is 13.9 Å². The van der Waals surface area contributed by atoms with Crippen molar-refractivity contribution in [3.05, 3.63) is 77.1 Å². The van der Waals surface area contributed by atoms with E-state index in [9.17, 15) is 9.59 Å². The average Bonchev–Trinajstić information content (AvgIpc) is 3.22. The van der Waals surface area contributed by atoms with Crippen LogP contribution < -0.4 is 4.74 Å². The second kappa shape index (κ2) is 12.7. The van der Waals surface area contributed by atoms with Crippen LogP contribution in [0.15, 0.2) is 53.0 Å². The zero-order valence-electron chi connectivity index (χ0n) is 21.0. The van der Waals surface area contributed by atoms with Gasteiger partial charge in [0, 0.05) is 19.0 Å². The quantitative estimate of drug-likeness (QED) is 0.267. The Morgan fingerprint density at radius 2 is 2.11 bits per heavy atom. The van der Waals surface area contributed by atoms with E-state index in [0.717, 1.165) is 35.4 Å². The first-order valence-corrected chi connectivity index (χ1v) is 12.0. The summed E-state index contributed by atoms with van der Waals surface area (Å²) in [6, 6.07) is 4.87. The number of benzene rings is 1. The molecule has 1 aromatic heterocycles. The van der Waals surface area contributed by atoms with E-state index in [1.165, 1.54) is 13.2 Å². The van der Waals surface area contributed by atoms with Crippen LogP contribution in [-0.2, 0) is 27.2 Å². The molecule has 2 heterocycles. The molecule has 1 atom stereocenters. The normalized spacial score (nSPS) is 15.8. The van der Waals surface area contributed by atoms with Crippen LogP contribution in [0, 0.1) is 6.92 Å². The number of fused-ring (bicyclic) bond motifs is 1. The number of rotatable bonds is 10. The van der Waals surface area contributed by atoms with E-state index >= 15 is 0 Å². The smallest absolute Gasteiger partial charge is 0.333 e. The lowest BCUT2D eigenvalue weighted by Crippen LogP contribution is -2.43. The molecule has 0 bridgehead atoms. The molecule has 1 aromatic carbocycles. The Kier molecular flexibility index (Phi) is 9.47. The summed E-state index contributed by atoms with van der Waals surface area (Å²) in [5.41, 5.74) is 2.59. The Labute approximate surface area is 207 Å². The van der Waals surface area contributed by atoms with Gasteiger partial charge >= 0.3 is 5.97 Å². The van der Waals surface area contributed by atoms with Gasteiger partial charge in [-0.25, -0.2) is 9.78 Å². The summed E-state index contributed by atoms with van der Waals surface area (Å²) >= 11 is 0. The summed E-state index contributed by atoms with van der Waals surface area (Å²) in [5.74, 6) is 1.30. The van der Waals surface area contributed by atoms with Gasteiger partial charge < -0.3 is 18.8 Å². The molecule has 3 rings (SSSR count). The van der Waals surface area contributed by atoms with Crippen LogP contribution in [-0.4, -0.2) is 42.0 Å². The molecule has 0 saturated carbocycles. The Hall–Kier alpha value is -3.61. The van der Waals surface area contributed by atoms with Crippen molar-refractivity contribution in [2.45, 2.75) is 52.5 Å². The van der Waals surface area contributed by atoms with Gasteiger partial charge in [0.2, 0.25) is 11.8 Å². The minimum Gasteiger partial charge on any atom is -0.493 e. The largest absolute Gasteiger partial charge is 0.493 e. The Bertz CT molecular complexity index is 1110. The maximum Gasteiger partial charge on any atom is 0.333 e. The summed E-state index contributed by atoms with van der Waals surface area (Å²) in [6.45, 7) is 6.74. The Balaban J connectivity index is 1.73. The average molecular weight is 479 g/mol. The lowest BCUT2D eigenvalue weighted by atomic mass is 9.92. The number of aryl methyl sites for hydroxylation is 1. The maximum atomic E-state index is 12.8. The number of carbonyl (C=O) groups excluding carboxylic acids is 2. The second-order valence-corrected chi connectivity index (χ2v) is 8.30. The molecule has 35 heavy (non-hydrogen) atoms. The molecule has 2 aromatic rings. The van der Waals surface area contributed by atoms with Gasteiger partial charge in [0.25, 0.3) is 0 Å². The minimum absolute atomic E-state index is 0.235. The number of aromatic nitrogens is 1. The SMILES string of the molecule is CC=CC=CC(=O)N1CCc2ccc(OCCc3nc(/C=C/CCC)oc3C)cc2C1C(=O)OC. The highest BCUT2D eigenvalue weighted by atomic mass is 16.5. The number of esters is 1. The van der Waals surface area contributed by atoms with Crippen molar-refractivity contribution in [2.75, 3.05) is 20.3 Å². The first-order valence-electron chi connectivity index (χ1n) is 12.0. The van der Waals surface area contributed by atoms with Gasteiger partial charge in [-0.15, -0.1) is 0 Å². The van der Waals surface area contributed by atoms with Crippen molar-refractivity contribution in [3.8, 4) is 5.75 Å². The third-order valence-corrected chi connectivity index (χ3v) is 5.83. The van der Waals surface area contributed by atoms with Crippen molar-refractivity contribution in [1.82, 2.24) is 9.88 Å². The van der Waals surface area contributed by atoms with Crippen LogP contribution in [0.2, 0.25) is 0 Å². The van der Waals surface area contributed by atoms with Crippen molar-refractivity contribution in [3.63, 3.8) is 0 Å². The van der Waals surface area contributed by atoms with Gasteiger partial charge in [-0.2, -0.15) is 0 Å². The molecule has 0 fully saturated rings. The van der Waals surface area contributed by atoms with E-state index in [0.29, 0.717) is 37.6 Å². The lowest BCUT2D eigenvalue weighted by molar-refractivity contribution is -0.152. The summed E-state index contributed by atoms with van der Waals surface area (Å²) in [5, 5.41) is 0. The molecular weight excluding hydrogens is 444 g/mol. The van der Waals surface area contributed by atoms with Gasteiger partial charge in [0.1, 0.15) is 11.5 Å². The zero-order chi connectivity index (χ0) is 25.2. The summed E-state index contributed by atoms with van der Waals surface area (Å²) in [4.78, 5) is 31.6. The lowest BCUT2D eigenvalue weighted by Gasteiger charge is -2.35. The summed E-state index contributed by atoms with van der Waals surface area (Å²) in [6.07, 6.45) is 14.0. The highest BCUT2D eigenvalue weighted by Crippen LogP contribution is 2.34. The summed E-state index contributed by atoms with van der Waals surface area (Å²) < 4.78 is 16.8. The number of oxazole rings is 1. The van der Waals surface area contributed by atoms with Gasteiger partial charge in [-0.1, -0.05) is 43.7 Å². The molecule has 0 aliphatic carbocycles. The first kappa shape index (κ1) is 26.0. The zero-order valence-corrected chi connectivity index (χ0v) is 21.0. The van der Waals surface area contributed by atoms with Crippen LogP contribution in [0.25, 0.3) is 6.08 Å².